The number of hydrogen-bond donors (Lipinski definition) is 1. The molecule has 1 aliphatic heterocycles. The number of ether oxygens (including phenoxy) is 2. The van der Waals surface area contributed by atoms with Crippen molar-refractivity contribution in [2.24, 2.45) is 0 Å². The topological polar surface area (TPSA) is 43.4 Å². The smallest absolute Gasteiger partial charge is 0.182 e. The van der Waals surface area contributed by atoms with Crippen LogP contribution in [0.4, 0.5) is 5.69 Å². The third kappa shape index (κ3) is 2.74. The molecule has 16 heavy (non-hydrogen) atoms. The lowest BCUT2D eigenvalue weighted by Crippen LogP contribution is -2.34. The van der Waals surface area contributed by atoms with E-state index in [2.05, 4.69) is 42.2 Å². The quantitative estimate of drug-likeness (QED) is 0.909. The minimum Gasteiger partial charge on any atom is -0.378 e. The standard InChI is InChI=1S/C10H12Br2N2O2/c1-10(15-2-3-16-10)6-14-9-7(11)4-13-5-8(9)12/h4-5H,2-3,6H2,1H3,(H,13,14). The number of hydrogen-bond acceptors (Lipinski definition) is 4. The van der Waals surface area contributed by atoms with E-state index in [1.165, 1.54) is 0 Å². The van der Waals surface area contributed by atoms with E-state index in [4.69, 9.17) is 9.47 Å². The summed E-state index contributed by atoms with van der Waals surface area (Å²) in [5, 5.41) is 3.28. The van der Waals surface area contributed by atoms with Crippen LogP contribution in [-0.4, -0.2) is 30.5 Å². The fourth-order valence-corrected chi connectivity index (χ4v) is 2.70. The van der Waals surface area contributed by atoms with Crippen LogP contribution >= 0.6 is 31.9 Å². The first-order valence-electron chi connectivity index (χ1n) is 4.91. The molecule has 1 N–H and O–H groups in total. The monoisotopic (exact) mass is 350 g/mol. The van der Waals surface area contributed by atoms with Gasteiger partial charge in [-0.15, -0.1) is 0 Å². The zero-order chi connectivity index (χ0) is 11.6. The molecule has 0 aromatic carbocycles. The summed E-state index contributed by atoms with van der Waals surface area (Å²) >= 11 is 6.88. The normalized spacial score (nSPS) is 18.7. The first kappa shape index (κ1) is 12.3. The minimum absolute atomic E-state index is 0.540. The van der Waals surface area contributed by atoms with Crippen LogP contribution < -0.4 is 5.32 Å². The van der Waals surface area contributed by atoms with Gasteiger partial charge in [0.05, 0.1) is 34.4 Å². The number of nitrogens with zero attached hydrogens (tertiary/aromatic N) is 1. The van der Waals surface area contributed by atoms with Crippen LogP contribution in [0.3, 0.4) is 0 Å². The van der Waals surface area contributed by atoms with Crippen molar-refractivity contribution >= 4 is 37.5 Å². The number of nitrogens with one attached hydrogen (secondary N) is 1. The van der Waals surface area contributed by atoms with Gasteiger partial charge in [-0.1, -0.05) is 0 Å². The molecule has 88 valence electrons. The van der Waals surface area contributed by atoms with Crippen LogP contribution in [-0.2, 0) is 9.47 Å². The molecule has 4 nitrogen and oxygen atoms in total. The Labute approximate surface area is 111 Å². The zero-order valence-corrected chi connectivity index (χ0v) is 12.0. The average molecular weight is 352 g/mol. The van der Waals surface area contributed by atoms with E-state index >= 15 is 0 Å². The van der Waals surface area contributed by atoms with E-state index in [0.29, 0.717) is 19.8 Å². The molecule has 0 aliphatic carbocycles. The lowest BCUT2D eigenvalue weighted by Gasteiger charge is -2.23. The molecule has 0 bridgehead atoms. The molecular formula is C10H12Br2N2O2. The predicted octanol–water partition coefficient (Wildman–Crippen LogP) is 2.78. The minimum atomic E-state index is -0.540. The van der Waals surface area contributed by atoms with Crippen molar-refractivity contribution in [3.05, 3.63) is 21.3 Å². The number of pyridine rings is 1. The summed E-state index contributed by atoms with van der Waals surface area (Å²) in [5.74, 6) is -0.540. The molecular weight excluding hydrogens is 340 g/mol. The number of rotatable bonds is 3. The molecule has 0 saturated carbocycles. The Hall–Kier alpha value is -0.170. The van der Waals surface area contributed by atoms with Gasteiger partial charge in [0.1, 0.15) is 0 Å². The summed E-state index contributed by atoms with van der Waals surface area (Å²) in [6.07, 6.45) is 3.48. The molecule has 1 saturated heterocycles. The predicted molar refractivity (Wildman–Crippen MR) is 68.4 cm³/mol. The van der Waals surface area contributed by atoms with Gasteiger partial charge in [-0.25, -0.2) is 0 Å². The average Bonchev–Trinajstić information content (AvgIpc) is 2.65. The second kappa shape index (κ2) is 5.00. The molecule has 6 heteroatoms. The molecule has 1 fully saturated rings. The van der Waals surface area contributed by atoms with Crippen molar-refractivity contribution in [3.8, 4) is 0 Å². The Kier molecular flexibility index (Phi) is 3.84. The van der Waals surface area contributed by atoms with Gasteiger partial charge < -0.3 is 14.8 Å². The molecule has 1 aliphatic rings. The molecule has 0 spiro atoms. The lowest BCUT2D eigenvalue weighted by molar-refractivity contribution is -0.129. The van der Waals surface area contributed by atoms with Gasteiger partial charge in [0.25, 0.3) is 0 Å². The Bertz CT molecular complexity index is 361. The highest BCUT2D eigenvalue weighted by molar-refractivity contribution is 9.11. The highest BCUT2D eigenvalue weighted by Gasteiger charge is 2.30. The van der Waals surface area contributed by atoms with E-state index in [1.54, 1.807) is 12.4 Å². The van der Waals surface area contributed by atoms with E-state index in [1.807, 2.05) is 6.92 Å². The van der Waals surface area contributed by atoms with Gasteiger partial charge in [-0.3, -0.25) is 4.98 Å². The molecule has 0 radical (unpaired) electrons. The maximum Gasteiger partial charge on any atom is 0.182 e. The van der Waals surface area contributed by atoms with Crippen LogP contribution in [0.1, 0.15) is 6.92 Å². The number of anilines is 1. The summed E-state index contributed by atoms with van der Waals surface area (Å²) in [7, 11) is 0. The van der Waals surface area contributed by atoms with Crippen molar-refractivity contribution in [3.63, 3.8) is 0 Å². The molecule has 2 rings (SSSR count). The second-order valence-electron chi connectivity index (χ2n) is 3.66. The molecule has 0 amide bonds. The Morgan fingerprint density at radius 2 is 1.88 bits per heavy atom. The van der Waals surface area contributed by atoms with Gasteiger partial charge in [0, 0.05) is 12.4 Å². The summed E-state index contributed by atoms with van der Waals surface area (Å²) in [4.78, 5) is 4.05. The van der Waals surface area contributed by atoms with Crippen molar-refractivity contribution in [1.29, 1.82) is 0 Å². The third-order valence-corrected chi connectivity index (χ3v) is 3.54. The van der Waals surface area contributed by atoms with Crippen molar-refractivity contribution < 1.29 is 9.47 Å². The van der Waals surface area contributed by atoms with Gasteiger partial charge in [-0.05, 0) is 38.8 Å². The van der Waals surface area contributed by atoms with Crippen LogP contribution in [0.15, 0.2) is 21.3 Å². The van der Waals surface area contributed by atoms with Crippen LogP contribution in [0.5, 0.6) is 0 Å². The van der Waals surface area contributed by atoms with Gasteiger partial charge in [0.15, 0.2) is 5.79 Å². The Morgan fingerprint density at radius 3 is 2.44 bits per heavy atom. The highest BCUT2D eigenvalue weighted by atomic mass is 79.9. The van der Waals surface area contributed by atoms with E-state index in [9.17, 15) is 0 Å². The van der Waals surface area contributed by atoms with E-state index in [-0.39, 0.29) is 0 Å². The van der Waals surface area contributed by atoms with Gasteiger partial charge in [-0.2, -0.15) is 0 Å². The van der Waals surface area contributed by atoms with E-state index < -0.39 is 5.79 Å². The first-order valence-corrected chi connectivity index (χ1v) is 6.50. The van der Waals surface area contributed by atoms with E-state index in [0.717, 1.165) is 14.6 Å². The maximum atomic E-state index is 5.51. The zero-order valence-electron chi connectivity index (χ0n) is 8.80. The van der Waals surface area contributed by atoms with Crippen molar-refractivity contribution in [2.45, 2.75) is 12.7 Å². The molecule has 1 aromatic heterocycles. The Morgan fingerprint density at radius 1 is 1.31 bits per heavy atom. The lowest BCUT2D eigenvalue weighted by atomic mass is 10.3. The summed E-state index contributed by atoms with van der Waals surface area (Å²) in [6.45, 7) is 3.82. The maximum absolute atomic E-state index is 5.51. The van der Waals surface area contributed by atoms with Crippen LogP contribution in [0.2, 0.25) is 0 Å². The fourth-order valence-electron chi connectivity index (χ4n) is 1.49. The van der Waals surface area contributed by atoms with Crippen molar-refractivity contribution in [1.82, 2.24) is 4.98 Å². The molecule has 1 aromatic rings. The second-order valence-corrected chi connectivity index (χ2v) is 5.37. The highest BCUT2D eigenvalue weighted by Crippen LogP contribution is 2.30. The number of halogens is 2. The molecule has 2 heterocycles. The fraction of sp³-hybridized carbons (Fsp3) is 0.500. The largest absolute Gasteiger partial charge is 0.378 e. The third-order valence-electron chi connectivity index (χ3n) is 2.34. The summed E-state index contributed by atoms with van der Waals surface area (Å²) in [5.41, 5.74) is 0.954. The van der Waals surface area contributed by atoms with Crippen LogP contribution in [0.25, 0.3) is 0 Å². The Balaban J connectivity index is 2.04. The number of aromatic nitrogens is 1. The van der Waals surface area contributed by atoms with Crippen molar-refractivity contribution in [2.75, 3.05) is 25.1 Å². The molecule has 0 unspecified atom stereocenters. The summed E-state index contributed by atoms with van der Waals surface area (Å²) in [6, 6.07) is 0. The SMILES string of the molecule is CC1(CNc2c(Br)cncc2Br)OCCO1. The van der Waals surface area contributed by atoms with Gasteiger partial charge in [0.2, 0.25) is 0 Å². The van der Waals surface area contributed by atoms with Crippen LogP contribution in [0, 0.1) is 0 Å². The molecule has 0 atom stereocenters. The van der Waals surface area contributed by atoms with Gasteiger partial charge >= 0.3 is 0 Å². The first-order chi connectivity index (χ1) is 7.61. The summed E-state index contributed by atoms with van der Waals surface area (Å²) < 4.78 is 12.8.